The van der Waals surface area contributed by atoms with Crippen LogP contribution >= 0.6 is 0 Å². The molecule has 2 aliphatic rings. The summed E-state index contributed by atoms with van der Waals surface area (Å²) in [4.78, 5) is 28.2. The van der Waals surface area contributed by atoms with Crippen LogP contribution in [-0.4, -0.2) is 62.1 Å². The maximum absolute atomic E-state index is 13.0. The number of aromatic nitrogens is 2. The van der Waals surface area contributed by atoms with Crippen molar-refractivity contribution in [3.8, 4) is 5.75 Å². The Morgan fingerprint density at radius 2 is 1.79 bits per heavy atom. The largest absolute Gasteiger partial charge is 0.495 e. The topological polar surface area (TPSA) is 73.8 Å². The minimum absolute atomic E-state index is 0. The van der Waals surface area contributed by atoms with Crippen LogP contribution in [0.5, 0.6) is 5.75 Å². The number of anilines is 5. The minimum atomic E-state index is -0.0864. The van der Waals surface area contributed by atoms with Crippen LogP contribution in [0.2, 0.25) is 0 Å². The normalized spacial score (nSPS) is 16.6. The number of hydrogen-bond acceptors (Lipinski definition) is 7. The first-order valence-corrected chi connectivity index (χ1v) is 11.6. The third-order valence-electron chi connectivity index (χ3n) is 6.89. The molecule has 1 saturated heterocycles. The molecule has 2 aromatic carbocycles. The third-order valence-corrected chi connectivity index (χ3v) is 6.89. The number of carbonyl (C=O) groups excluding carboxylic acids is 1. The van der Waals surface area contributed by atoms with Gasteiger partial charge in [-0.25, -0.2) is 4.98 Å². The van der Waals surface area contributed by atoms with Crippen LogP contribution in [0.3, 0.4) is 0 Å². The number of benzene rings is 2. The van der Waals surface area contributed by atoms with Gasteiger partial charge in [-0.05, 0) is 68.7 Å². The second-order valence-corrected chi connectivity index (χ2v) is 9.01. The van der Waals surface area contributed by atoms with Crippen LogP contribution in [0.1, 0.15) is 36.1 Å². The molecule has 0 radical (unpaired) electrons. The quantitative estimate of drug-likeness (QED) is 0.608. The van der Waals surface area contributed by atoms with E-state index in [4.69, 9.17) is 9.72 Å². The Kier molecular flexibility index (Phi) is 5.83. The lowest BCUT2D eigenvalue weighted by atomic mass is 9.89. The van der Waals surface area contributed by atoms with Crippen LogP contribution in [0.15, 0.2) is 48.7 Å². The third kappa shape index (κ3) is 3.94. The highest BCUT2D eigenvalue weighted by atomic mass is 16.5. The molecule has 0 bridgehead atoms. The van der Waals surface area contributed by atoms with Gasteiger partial charge in [-0.2, -0.15) is 4.98 Å². The van der Waals surface area contributed by atoms with Crippen molar-refractivity contribution in [3.63, 3.8) is 0 Å². The first kappa shape index (κ1) is 22.2. The number of fused-ring (bicyclic) bond motifs is 2. The van der Waals surface area contributed by atoms with E-state index < -0.39 is 0 Å². The molecule has 8 heteroatoms. The molecule has 1 aromatic heterocycles. The van der Waals surface area contributed by atoms with Crippen molar-refractivity contribution in [2.75, 3.05) is 56.5 Å². The van der Waals surface area contributed by atoms with Crippen molar-refractivity contribution >= 4 is 34.7 Å². The maximum Gasteiger partial charge on any atom is 0.260 e. The Balaban J connectivity index is 0.00000289. The number of rotatable bonds is 4. The highest BCUT2D eigenvalue weighted by Crippen LogP contribution is 2.39. The molecule has 2 aliphatic heterocycles. The zero-order valence-electron chi connectivity index (χ0n) is 20.1. The average molecular weight is 461 g/mol. The van der Waals surface area contributed by atoms with Crippen LogP contribution < -0.4 is 19.9 Å². The number of likely N-dealkylation sites (tertiary alicyclic amines) is 1. The minimum Gasteiger partial charge on any atom is -0.495 e. The second kappa shape index (κ2) is 8.95. The molecule has 1 fully saturated rings. The van der Waals surface area contributed by atoms with E-state index in [1.807, 2.05) is 42.3 Å². The molecule has 8 nitrogen and oxygen atoms in total. The van der Waals surface area contributed by atoms with Crippen molar-refractivity contribution in [1.29, 1.82) is 0 Å². The van der Waals surface area contributed by atoms with Crippen LogP contribution in [-0.2, 0) is 0 Å². The fourth-order valence-corrected chi connectivity index (χ4v) is 4.79. The number of para-hydroxylation sites is 1. The van der Waals surface area contributed by atoms with Crippen LogP contribution in [0.25, 0.3) is 0 Å². The van der Waals surface area contributed by atoms with Crippen molar-refractivity contribution < 1.29 is 11.0 Å². The summed E-state index contributed by atoms with van der Waals surface area (Å²) in [6.07, 6.45) is 3.99. The van der Waals surface area contributed by atoms with Gasteiger partial charge in [0.05, 0.1) is 30.2 Å². The lowest BCUT2D eigenvalue weighted by molar-refractivity contribution is 0.0994. The van der Waals surface area contributed by atoms with Crippen LogP contribution in [0, 0.1) is 0 Å². The molecule has 0 saturated carbocycles. The van der Waals surface area contributed by atoms with Crippen LogP contribution in [0.4, 0.5) is 28.8 Å². The van der Waals surface area contributed by atoms with E-state index in [1.165, 1.54) is 5.56 Å². The van der Waals surface area contributed by atoms with E-state index >= 15 is 0 Å². The second-order valence-electron chi connectivity index (χ2n) is 9.01. The van der Waals surface area contributed by atoms with Gasteiger partial charge in [-0.15, -0.1) is 0 Å². The SMILES string of the molecule is COc1cc(C2CCN(C)CC2)ccc1Nc1ncc2c(n1)N(C)c1ccccc1C(=O)N2C.[HH]. The lowest BCUT2D eigenvalue weighted by Gasteiger charge is -2.29. The number of methoxy groups -OCH3 is 1. The number of carbonyl (C=O) groups is 1. The number of ether oxygens (including phenoxy) is 1. The predicted octanol–water partition coefficient (Wildman–Crippen LogP) is 4.64. The molecule has 1 amide bonds. The van der Waals surface area contributed by atoms with Gasteiger partial charge in [-0.3, -0.25) is 4.79 Å². The Morgan fingerprint density at radius 3 is 2.56 bits per heavy atom. The Labute approximate surface area is 201 Å². The van der Waals surface area contributed by atoms with Gasteiger partial charge in [-0.1, -0.05) is 18.2 Å². The summed E-state index contributed by atoms with van der Waals surface area (Å²) in [7, 11) is 7.52. The first-order valence-electron chi connectivity index (χ1n) is 11.6. The number of amides is 1. The van der Waals surface area contributed by atoms with Crippen molar-refractivity contribution in [3.05, 3.63) is 59.8 Å². The summed E-state index contributed by atoms with van der Waals surface area (Å²) >= 11 is 0. The maximum atomic E-state index is 13.0. The smallest absolute Gasteiger partial charge is 0.260 e. The van der Waals surface area contributed by atoms with Gasteiger partial charge in [0.15, 0.2) is 5.82 Å². The van der Waals surface area contributed by atoms with Crippen molar-refractivity contribution in [1.82, 2.24) is 14.9 Å². The zero-order valence-corrected chi connectivity index (χ0v) is 20.1. The summed E-state index contributed by atoms with van der Waals surface area (Å²) < 4.78 is 5.71. The Hall–Kier alpha value is -3.65. The van der Waals surface area contributed by atoms with Gasteiger partial charge in [0, 0.05) is 15.5 Å². The highest BCUT2D eigenvalue weighted by molar-refractivity contribution is 6.13. The number of nitrogens with zero attached hydrogens (tertiary/aromatic N) is 5. The summed E-state index contributed by atoms with van der Waals surface area (Å²) in [5.74, 6) is 2.32. The van der Waals surface area contributed by atoms with Crippen molar-refractivity contribution in [2.24, 2.45) is 0 Å². The number of hydrogen-bond donors (Lipinski definition) is 1. The summed E-state index contributed by atoms with van der Waals surface area (Å²) in [5.41, 5.74) is 4.20. The fourth-order valence-electron chi connectivity index (χ4n) is 4.79. The predicted molar refractivity (Wildman–Crippen MR) is 137 cm³/mol. The molecule has 178 valence electrons. The van der Waals surface area contributed by atoms with E-state index in [0.717, 1.165) is 43.1 Å². The van der Waals surface area contributed by atoms with Crippen molar-refractivity contribution in [2.45, 2.75) is 18.8 Å². The monoisotopic (exact) mass is 460 g/mol. The molecule has 5 rings (SSSR count). The van der Waals surface area contributed by atoms with E-state index in [0.29, 0.717) is 28.9 Å². The average Bonchev–Trinajstić information content (AvgIpc) is 2.94. The van der Waals surface area contributed by atoms with E-state index in [9.17, 15) is 4.79 Å². The molecule has 0 unspecified atom stereocenters. The van der Waals surface area contributed by atoms with E-state index in [-0.39, 0.29) is 7.33 Å². The molecular weight excluding hydrogens is 428 g/mol. The summed E-state index contributed by atoms with van der Waals surface area (Å²) in [5, 5.41) is 3.32. The molecule has 34 heavy (non-hydrogen) atoms. The molecular formula is C26H32N6O2. The zero-order chi connectivity index (χ0) is 23.8. The summed E-state index contributed by atoms with van der Waals surface area (Å²) in [6.45, 7) is 2.23. The van der Waals surface area contributed by atoms with Gasteiger partial charge in [0.2, 0.25) is 5.95 Å². The Morgan fingerprint density at radius 1 is 1.03 bits per heavy atom. The lowest BCUT2D eigenvalue weighted by Crippen LogP contribution is -2.29. The summed E-state index contributed by atoms with van der Waals surface area (Å²) in [6, 6.07) is 13.9. The molecule has 0 aliphatic carbocycles. The van der Waals surface area contributed by atoms with E-state index in [1.54, 1.807) is 25.3 Å². The molecule has 3 heterocycles. The number of piperidine rings is 1. The Bertz CT molecular complexity index is 1230. The van der Waals surface area contributed by atoms with Gasteiger partial charge < -0.3 is 24.8 Å². The first-order chi connectivity index (χ1) is 16.5. The van der Waals surface area contributed by atoms with Gasteiger partial charge >= 0.3 is 0 Å². The number of nitrogens with one attached hydrogen (secondary N) is 1. The fraction of sp³-hybridized carbons (Fsp3) is 0.346. The molecule has 1 N–H and O–H groups in total. The molecule has 3 aromatic rings. The molecule has 0 spiro atoms. The van der Waals surface area contributed by atoms with Gasteiger partial charge in [0.1, 0.15) is 11.4 Å². The highest BCUT2D eigenvalue weighted by Gasteiger charge is 2.29. The standard InChI is InChI=1S/C26H30N6O2.H2/c1-30-13-11-17(12-14-30)18-9-10-20(23(15-18)34-4)28-26-27-16-22-24(29-26)31(2)21-8-6-5-7-19(21)25(33)32(22)3;/h5-10,15-17H,11-14H2,1-4H3,(H,27,28,29);1H. The van der Waals surface area contributed by atoms with Gasteiger partial charge in [0.25, 0.3) is 5.91 Å². The van der Waals surface area contributed by atoms with E-state index in [2.05, 4.69) is 34.4 Å². The molecule has 0 atom stereocenters.